The molecule has 0 aliphatic carbocycles. The second-order valence-corrected chi connectivity index (χ2v) is 8.98. The van der Waals surface area contributed by atoms with Crippen LogP contribution < -0.4 is 15.0 Å². The van der Waals surface area contributed by atoms with Crippen LogP contribution in [-0.4, -0.2) is 47.3 Å². The van der Waals surface area contributed by atoms with Crippen LogP contribution >= 0.6 is 0 Å². The number of piperazine rings is 1. The maximum atomic E-state index is 12.2. The number of aromatic nitrogens is 2. The summed E-state index contributed by atoms with van der Waals surface area (Å²) in [5.41, 5.74) is 5.69. The Labute approximate surface area is 211 Å². The van der Waals surface area contributed by atoms with Crippen molar-refractivity contribution in [3.05, 3.63) is 108 Å². The van der Waals surface area contributed by atoms with Gasteiger partial charge in [0.15, 0.2) is 0 Å². The molecule has 5 rings (SSSR count). The summed E-state index contributed by atoms with van der Waals surface area (Å²) in [6.45, 7) is 4.16. The number of carbonyl (C=O) groups excluding carboxylic acids is 1. The highest BCUT2D eigenvalue weighted by molar-refractivity contribution is 5.79. The molecule has 1 amide bonds. The van der Waals surface area contributed by atoms with E-state index in [-0.39, 0.29) is 5.91 Å². The molecular weight excluding hydrogens is 450 g/mol. The Bertz CT molecular complexity index is 1270. The number of anilines is 1. The molecule has 3 aromatic carbocycles. The fraction of sp³-hybridized carbons (Fsp3) is 0.241. The lowest BCUT2D eigenvalue weighted by atomic mass is 10.1. The zero-order valence-electron chi connectivity index (χ0n) is 20.5. The molecule has 0 spiro atoms. The summed E-state index contributed by atoms with van der Waals surface area (Å²) in [6, 6.07) is 27.2. The van der Waals surface area contributed by atoms with Gasteiger partial charge in [0.25, 0.3) is 0 Å². The highest BCUT2D eigenvalue weighted by atomic mass is 16.5. The zero-order valence-corrected chi connectivity index (χ0v) is 20.5. The Kier molecular flexibility index (Phi) is 7.28. The van der Waals surface area contributed by atoms with E-state index in [2.05, 4.69) is 76.0 Å². The van der Waals surface area contributed by atoms with Crippen LogP contribution in [0.25, 0.3) is 5.69 Å². The molecule has 0 atom stereocenters. The van der Waals surface area contributed by atoms with E-state index in [1.54, 1.807) is 13.3 Å². The first-order chi connectivity index (χ1) is 17.7. The van der Waals surface area contributed by atoms with Crippen molar-refractivity contribution in [2.75, 3.05) is 31.6 Å². The Morgan fingerprint density at radius 2 is 1.72 bits per heavy atom. The van der Waals surface area contributed by atoms with Gasteiger partial charge in [0.1, 0.15) is 5.75 Å². The molecule has 1 saturated heterocycles. The molecule has 0 unspecified atom stereocenters. The third kappa shape index (κ3) is 5.75. The largest absolute Gasteiger partial charge is 0.497 e. The number of nitrogens with one attached hydrogen (secondary N) is 1. The summed E-state index contributed by atoms with van der Waals surface area (Å²) in [4.78, 5) is 16.4. The number of benzene rings is 3. The average Bonchev–Trinajstić information content (AvgIpc) is 3.46. The van der Waals surface area contributed by atoms with E-state index >= 15 is 0 Å². The van der Waals surface area contributed by atoms with Gasteiger partial charge in [-0.15, -0.1) is 0 Å². The Balaban J connectivity index is 1.36. The van der Waals surface area contributed by atoms with Crippen LogP contribution in [0.1, 0.15) is 16.7 Å². The SMILES string of the molecule is COc1cccc(CN(Cc2ccc(-n3cccn3)cc2)c2ccc(CN3CCNCC3=O)cc2)c1. The maximum Gasteiger partial charge on any atom is 0.236 e. The number of hydrogen-bond acceptors (Lipinski definition) is 5. The molecule has 7 heteroatoms. The fourth-order valence-electron chi connectivity index (χ4n) is 4.47. The molecule has 0 radical (unpaired) electrons. The van der Waals surface area contributed by atoms with Gasteiger partial charge in [-0.25, -0.2) is 4.68 Å². The lowest BCUT2D eigenvalue weighted by Gasteiger charge is -2.28. The van der Waals surface area contributed by atoms with E-state index in [9.17, 15) is 4.79 Å². The highest BCUT2D eigenvalue weighted by Crippen LogP contribution is 2.24. The number of nitrogens with zero attached hydrogens (tertiary/aromatic N) is 4. The summed E-state index contributed by atoms with van der Waals surface area (Å²) in [5, 5.41) is 7.45. The van der Waals surface area contributed by atoms with Gasteiger partial charge in [0, 0.05) is 50.8 Å². The van der Waals surface area contributed by atoms with Gasteiger partial charge in [0.2, 0.25) is 5.91 Å². The van der Waals surface area contributed by atoms with Gasteiger partial charge < -0.3 is 19.9 Å². The van der Waals surface area contributed by atoms with Crippen molar-refractivity contribution in [3.8, 4) is 11.4 Å². The minimum atomic E-state index is 0.156. The first-order valence-electron chi connectivity index (χ1n) is 12.2. The fourth-order valence-corrected chi connectivity index (χ4v) is 4.47. The van der Waals surface area contributed by atoms with Crippen molar-refractivity contribution >= 4 is 11.6 Å². The summed E-state index contributed by atoms with van der Waals surface area (Å²) < 4.78 is 7.30. The topological polar surface area (TPSA) is 62.6 Å². The summed E-state index contributed by atoms with van der Waals surface area (Å²) in [7, 11) is 1.69. The molecule has 4 aromatic rings. The molecule has 1 N–H and O–H groups in total. The number of amides is 1. The molecule has 1 aliphatic heterocycles. The van der Waals surface area contributed by atoms with Crippen LogP contribution in [0.5, 0.6) is 5.75 Å². The van der Waals surface area contributed by atoms with Gasteiger partial charge in [-0.3, -0.25) is 4.79 Å². The lowest BCUT2D eigenvalue weighted by Crippen LogP contribution is -2.47. The molecule has 0 bridgehead atoms. The Hall–Kier alpha value is -4.10. The van der Waals surface area contributed by atoms with Crippen LogP contribution in [-0.2, 0) is 24.4 Å². The third-order valence-corrected chi connectivity index (χ3v) is 6.45. The minimum absolute atomic E-state index is 0.156. The standard InChI is InChI=1S/C29H31N5O2/c1-36-28-5-2-4-25(18-28)22-33(21-24-8-12-27(13-9-24)34-16-3-14-31-34)26-10-6-23(7-11-26)20-32-17-15-30-19-29(32)35/h2-14,16,18,30H,15,17,19-22H2,1H3. The van der Waals surface area contributed by atoms with Crippen LogP contribution in [0.3, 0.4) is 0 Å². The molecule has 36 heavy (non-hydrogen) atoms. The van der Waals surface area contributed by atoms with E-state index in [0.29, 0.717) is 13.1 Å². The van der Waals surface area contributed by atoms with E-state index in [1.165, 1.54) is 11.1 Å². The summed E-state index contributed by atoms with van der Waals surface area (Å²) in [6.07, 6.45) is 3.73. The van der Waals surface area contributed by atoms with Crippen molar-refractivity contribution in [2.45, 2.75) is 19.6 Å². The number of hydrogen-bond donors (Lipinski definition) is 1. The quantitative estimate of drug-likeness (QED) is 0.391. The summed E-state index contributed by atoms with van der Waals surface area (Å²) in [5.74, 6) is 1.01. The second-order valence-electron chi connectivity index (χ2n) is 8.98. The molecule has 2 heterocycles. The van der Waals surface area contributed by atoms with Crippen molar-refractivity contribution in [1.29, 1.82) is 0 Å². The molecule has 0 saturated carbocycles. The first kappa shape index (κ1) is 23.6. The van der Waals surface area contributed by atoms with Gasteiger partial charge >= 0.3 is 0 Å². The predicted octanol–water partition coefficient (Wildman–Crippen LogP) is 4.02. The van der Waals surface area contributed by atoms with Crippen molar-refractivity contribution in [1.82, 2.24) is 20.0 Å². The first-order valence-corrected chi connectivity index (χ1v) is 12.2. The van der Waals surface area contributed by atoms with E-state index in [0.717, 1.165) is 48.9 Å². The van der Waals surface area contributed by atoms with Crippen LogP contribution in [0.2, 0.25) is 0 Å². The molecule has 1 fully saturated rings. The van der Waals surface area contributed by atoms with Crippen LogP contribution in [0.15, 0.2) is 91.3 Å². The average molecular weight is 482 g/mol. The zero-order chi connectivity index (χ0) is 24.7. The van der Waals surface area contributed by atoms with E-state index < -0.39 is 0 Å². The van der Waals surface area contributed by atoms with E-state index in [4.69, 9.17) is 4.74 Å². The van der Waals surface area contributed by atoms with E-state index in [1.807, 2.05) is 34.0 Å². The monoisotopic (exact) mass is 481 g/mol. The van der Waals surface area contributed by atoms with Crippen molar-refractivity contribution in [3.63, 3.8) is 0 Å². The normalized spacial score (nSPS) is 13.6. The molecule has 184 valence electrons. The van der Waals surface area contributed by atoms with Crippen molar-refractivity contribution in [2.24, 2.45) is 0 Å². The van der Waals surface area contributed by atoms with Crippen LogP contribution in [0, 0.1) is 0 Å². The van der Waals surface area contributed by atoms with Gasteiger partial charge in [0.05, 0.1) is 19.3 Å². The number of methoxy groups -OCH3 is 1. The molecule has 7 nitrogen and oxygen atoms in total. The molecule has 1 aromatic heterocycles. The highest BCUT2D eigenvalue weighted by Gasteiger charge is 2.18. The number of rotatable bonds is 9. The van der Waals surface area contributed by atoms with Crippen LogP contribution in [0.4, 0.5) is 5.69 Å². The molecular formula is C29H31N5O2. The number of ether oxygens (including phenoxy) is 1. The van der Waals surface area contributed by atoms with Gasteiger partial charge in [-0.05, 0) is 59.2 Å². The predicted molar refractivity (Wildman–Crippen MR) is 141 cm³/mol. The van der Waals surface area contributed by atoms with Gasteiger partial charge in [-0.2, -0.15) is 5.10 Å². The molecule has 1 aliphatic rings. The Morgan fingerprint density at radius 1 is 0.944 bits per heavy atom. The Morgan fingerprint density at radius 3 is 2.44 bits per heavy atom. The van der Waals surface area contributed by atoms with Gasteiger partial charge in [-0.1, -0.05) is 36.4 Å². The smallest absolute Gasteiger partial charge is 0.236 e. The minimum Gasteiger partial charge on any atom is -0.497 e. The number of carbonyl (C=O) groups is 1. The van der Waals surface area contributed by atoms with Crippen molar-refractivity contribution < 1.29 is 9.53 Å². The maximum absolute atomic E-state index is 12.2. The lowest BCUT2D eigenvalue weighted by molar-refractivity contribution is -0.132. The summed E-state index contributed by atoms with van der Waals surface area (Å²) >= 11 is 0. The second kappa shape index (κ2) is 11.1. The third-order valence-electron chi connectivity index (χ3n) is 6.45.